The van der Waals surface area contributed by atoms with E-state index in [4.69, 9.17) is 0 Å². The molecule has 0 radical (unpaired) electrons. The zero-order chi connectivity index (χ0) is 16.5. The molecule has 8 nitrogen and oxygen atoms in total. The van der Waals surface area contributed by atoms with Crippen molar-refractivity contribution < 1.29 is 47.8 Å². The van der Waals surface area contributed by atoms with Gasteiger partial charge < -0.3 is 9.47 Å². The Kier molecular flexibility index (Phi) is 5.61. The molecule has 13 heteroatoms. The molecule has 0 spiro atoms. The third-order valence-corrected chi connectivity index (χ3v) is 3.30. The third-order valence-electron chi connectivity index (χ3n) is 2.17. The maximum Gasteiger partial charge on any atom is 0.440 e. The van der Waals surface area contributed by atoms with E-state index in [9.17, 15) is 30.0 Å². The summed E-state index contributed by atoms with van der Waals surface area (Å²) in [7, 11) is -7.81. The first-order valence-corrected chi connectivity index (χ1v) is 8.98. The van der Waals surface area contributed by atoms with Crippen LogP contribution >= 0.6 is 0 Å². The molecule has 1 fully saturated rings. The zero-order valence-electron chi connectivity index (χ0n) is 10.9. The highest BCUT2D eigenvalue weighted by atomic mass is 32.2. The fourth-order valence-electron chi connectivity index (χ4n) is 1.35. The van der Waals surface area contributed by atoms with Gasteiger partial charge in [0.1, 0.15) is 12.2 Å². The van der Waals surface area contributed by atoms with Crippen molar-refractivity contribution in [3.05, 3.63) is 0 Å². The lowest BCUT2D eigenvalue weighted by Crippen LogP contribution is -2.33. The van der Waals surface area contributed by atoms with E-state index in [1.54, 1.807) is 0 Å². The Balaban J connectivity index is 2.74. The topological polar surface area (TPSA) is 105 Å². The summed E-state index contributed by atoms with van der Waals surface area (Å²) in [5.41, 5.74) is 0. The van der Waals surface area contributed by atoms with Gasteiger partial charge in [0.2, 0.25) is 0 Å². The van der Waals surface area contributed by atoms with Gasteiger partial charge in [-0.05, 0) is 0 Å². The van der Waals surface area contributed by atoms with E-state index in [2.05, 4.69) is 17.8 Å². The van der Waals surface area contributed by atoms with E-state index >= 15 is 0 Å². The molecular weight excluding hydrogens is 345 g/mol. The van der Waals surface area contributed by atoms with Gasteiger partial charge in [-0.25, -0.2) is 0 Å². The first-order valence-electron chi connectivity index (χ1n) is 5.34. The van der Waals surface area contributed by atoms with Crippen molar-refractivity contribution >= 4 is 20.2 Å². The summed E-state index contributed by atoms with van der Waals surface area (Å²) in [5, 5.41) is 0. The van der Waals surface area contributed by atoms with Crippen molar-refractivity contribution in [1.29, 1.82) is 0 Å². The highest BCUT2D eigenvalue weighted by molar-refractivity contribution is 7.86. The van der Waals surface area contributed by atoms with Crippen molar-refractivity contribution in [2.75, 3.05) is 25.7 Å². The first kappa shape index (κ1) is 18.6. The predicted octanol–water partition coefficient (Wildman–Crippen LogP) is -0.389. The van der Waals surface area contributed by atoms with Crippen LogP contribution in [0.3, 0.4) is 0 Å². The lowest BCUT2D eigenvalue weighted by Gasteiger charge is -2.15. The van der Waals surface area contributed by atoms with Crippen molar-refractivity contribution in [3.63, 3.8) is 0 Å². The summed E-state index contributed by atoms with van der Waals surface area (Å²) in [6.45, 7) is -1.52. The summed E-state index contributed by atoms with van der Waals surface area (Å²) in [5.74, 6) is 0. The Hall–Kier alpha value is -0.470. The van der Waals surface area contributed by atoms with Crippen LogP contribution in [0, 0.1) is 0 Å². The molecule has 0 aromatic carbocycles. The summed E-state index contributed by atoms with van der Waals surface area (Å²) < 4.78 is 98.4. The van der Waals surface area contributed by atoms with Crippen LogP contribution in [0.25, 0.3) is 0 Å². The highest BCUT2D eigenvalue weighted by Crippen LogP contribution is 2.32. The number of hydrogen-bond donors (Lipinski definition) is 0. The van der Waals surface area contributed by atoms with Gasteiger partial charge in [0, 0.05) is 0 Å². The van der Waals surface area contributed by atoms with Crippen LogP contribution in [0.4, 0.5) is 13.2 Å². The van der Waals surface area contributed by atoms with Crippen LogP contribution in [-0.4, -0.2) is 67.2 Å². The zero-order valence-corrected chi connectivity index (χ0v) is 12.5. The minimum Gasteiger partial charge on any atom is -0.336 e. The van der Waals surface area contributed by atoms with Gasteiger partial charge in [-0.15, -0.1) is 0 Å². The van der Waals surface area contributed by atoms with Gasteiger partial charge in [0.15, 0.2) is 0 Å². The second-order valence-corrected chi connectivity index (χ2v) is 7.49. The smallest absolute Gasteiger partial charge is 0.336 e. The Morgan fingerprint density at radius 1 is 0.905 bits per heavy atom. The highest BCUT2D eigenvalue weighted by Gasteiger charge is 2.51. The maximum absolute atomic E-state index is 12.5. The van der Waals surface area contributed by atoms with Gasteiger partial charge in [-0.3, -0.25) is 8.37 Å². The third kappa shape index (κ3) is 6.88. The molecular formula is C8H13F3O8S2. The predicted molar refractivity (Wildman–Crippen MR) is 61.2 cm³/mol. The van der Waals surface area contributed by atoms with Gasteiger partial charge in [-0.2, -0.15) is 30.0 Å². The molecule has 1 heterocycles. The standard InChI is InChI=1S/C8H13F3O8S2/c1-20(12,13)16-3-5-6(4-17-21(2,14)15)19-7(18-5)8(9,10)11/h5-7H,3-4H2,1-2H3/t5-,6+,7?. The summed E-state index contributed by atoms with van der Waals surface area (Å²) >= 11 is 0. The van der Waals surface area contributed by atoms with E-state index in [1.807, 2.05) is 0 Å². The van der Waals surface area contributed by atoms with E-state index in [-0.39, 0.29) is 0 Å². The molecule has 1 aliphatic heterocycles. The fraction of sp³-hybridized carbons (Fsp3) is 1.00. The van der Waals surface area contributed by atoms with Gasteiger partial charge >= 0.3 is 6.18 Å². The molecule has 0 saturated carbocycles. The number of hydrogen-bond acceptors (Lipinski definition) is 8. The van der Waals surface area contributed by atoms with E-state index in [0.717, 1.165) is 0 Å². The molecule has 0 N–H and O–H groups in total. The monoisotopic (exact) mass is 358 g/mol. The van der Waals surface area contributed by atoms with Crippen LogP contribution in [-0.2, 0) is 38.1 Å². The lowest BCUT2D eigenvalue weighted by atomic mass is 10.2. The molecule has 0 aromatic rings. The largest absolute Gasteiger partial charge is 0.440 e. The van der Waals surface area contributed by atoms with Crippen LogP contribution in [0.1, 0.15) is 0 Å². The Morgan fingerprint density at radius 2 is 1.24 bits per heavy atom. The summed E-state index contributed by atoms with van der Waals surface area (Å²) in [6, 6.07) is 0. The minimum atomic E-state index is -4.86. The SMILES string of the molecule is CS(=O)(=O)OC[C@@H]1OC(C(F)(F)F)O[C@@H]1COS(C)(=O)=O. The fourth-order valence-corrected chi connectivity index (χ4v) is 2.12. The minimum absolute atomic E-state index is 0.700. The Bertz CT molecular complexity index is 511. The molecule has 1 rings (SSSR count). The number of halogens is 3. The average Bonchev–Trinajstić information content (AvgIpc) is 2.64. The Labute approximate surface area is 119 Å². The molecule has 3 atom stereocenters. The molecule has 1 unspecified atom stereocenters. The molecule has 1 aliphatic rings. The molecule has 0 amide bonds. The normalized spacial score (nSPS) is 28.0. The summed E-state index contributed by atoms with van der Waals surface area (Å²) in [6.07, 6.45) is -8.97. The van der Waals surface area contributed by atoms with Crippen LogP contribution in [0.2, 0.25) is 0 Å². The quantitative estimate of drug-likeness (QED) is 0.591. The van der Waals surface area contributed by atoms with Crippen molar-refractivity contribution in [2.45, 2.75) is 24.7 Å². The second-order valence-electron chi connectivity index (χ2n) is 4.20. The van der Waals surface area contributed by atoms with Crippen molar-refractivity contribution in [3.8, 4) is 0 Å². The number of ether oxygens (including phenoxy) is 2. The van der Waals surface area contributed by atoms with Gasteiger partial charge in [0.25, 0.3) is 26.5 Å². The van der Waals surface area contributed by atoms with E-state index in [1.165, 1.54) is 0 Å². The van der Waals surface area contributed by atoms with Gasteiger partial charge in [0.05, 0.1) is 25.7 Å². The lowest BCUT2D eigenvalue weighted by molar-refractivity contribution is -0.281. The Morgan fingerprint density at radius 3 is 1.48 bits per heavy atom. The first-order chi connectivity index (χ1) is 9.28. The van der Waals surface area contributed by atoms with Gasteiger partial charge in [-0.1, -0.05) is 0 Å². The molecule has 126 valence electrons. The molecule has 0 aliphatic carbocycles. The molecule has 1 saturated heterocycles. The number of alkyl halides is 3. The second kappa shape index (κ2) is 6.34. The summed E-state index contributed by atoms with van der Waals surface area (Å²) in [4.78, 5) is 0. The molecule has 0 aromatic heterocycles. The number of rotatable bonds is 6. The van der Waals surface area contributed by atoms with Crippen molar-refractivity contribution in [1.82, 2.24) is 0 Å². The van der Waals surface area contributed by atoms with Crippen LogP contribution in [0.5, 0.6) is 0 Å². The van der Waals surface area contributed by atoms with Crippen LogP contribution < -0.4 is 0 Å². The van der Waals surface area contributed by atoms with Crippen LogP contribution in [0.15, 0.2) is 0 Å². The van der Waals surface area contributed by atoms with Crippen molar-refractivity contribution in [2.24, 2.45) is 0 Å². The van der Waals surface area contributed by atoms with E-state index < -0.39 is 58.1 Å². The maximum atomic E-state index is 12.5. The van der Waals surface area contributed by atoms with E-state index in [0.29, 0.717) is 12.5 Å². The molecule has 0 bridgehead atoms. The molecule has 21 heavy (non-hydrogen) atoms. The average molecular weight is 358 g/mol.